The second kappa shape index (κ2) is 3.99. The summed E-state index contributed by atoms with van der Waals surface area (Å²) in [7, 11) is 0. The molecule has 0 bridgehead atoms. The summed E-state index contributed by atoms with van der Waals surface area (Å²) in [4.78, 5) is 7.71. The fourth-order valence-corrected chi connectivity index (χ4v) is 3.24. The third kappa shape index (κ3) is 1.83. The maximum Gasteiger partial charge on any atom is 0.0830 e. The number of fused-ring (bicyclic) bond motifs is 3. The van der Waals surface area contributed by atoms with Gasteiger partial charge < -0.3 is 4.98 Å². The van der Waals surface area contributed by atoms with Crippen LogP contribution in [0.3, 0.4) is 0 Å². The highest BCUT2D eigenvalue weighted by molar-refractivity contribution is 6.35. The smallest absolute Gasteiger partial charge is 0.0830 e. The van der Waals surface area contributed by atoms with Crippen molar-refractivity contribution in [1.29, 1.82) is 0 Å². The number of hydrogen-bond donors (Lipinski definition) is 1. The van der Waals surface area contributed by atoms with Crippen LogP contribution in [0.2, 0.25) is 5.02 Å². The lowest BCUT2D eigenvalue weighted by Gasteiger charge is -2.33. The number of rotatable bonds is 0. The van der Waals surface area contributed by atoms with Crippen LogP contribution >= 0.6 is 11.6 Å². The van der Waals surface area contributed by atoms with Crippen LogP contribution in [0.1, 0.15) is 38.4 Å². The summed E-state index contributed by atoms with van der Waals surface area (Å²) in [5, 5.41) is 1.95. The molecule has 2 heterocycles. The topological polar surface area (TPSA) is 28.7 Å². The highest BCUT2D eigenvalue weighted by Gasteiger charge is 2.30. The largest absolute Gasteiger partial charge is 0.357 e. The minimum absolute atomic E-state index is 0.368. The van der Waals surface area contributed by atoms with Crippen molar-refractivity contribution >= 4 is 22.5 Å². The third-order valence-electron chi connectivity index (χ3n) is 4.28. The van der Waals surface area contributed by atoms with E-state index in [-0.39, 0.29) is 0 Å². The standard InChI is InChI=1S/C15H19ClN2/c1-15(2,3)9-4-5-13-10(6-9)11-7-17-8-12(16)14(11)18-13/h7-9,18H,4-6H2,1-3H3. The van der Waals surface area contributed by atoms with E-state index in [1.807, 2.05) is 6.20 Å². The average molecular weight is 263 g/mol. The van der Waals surface area contributed by atoms with Crippen LogP contribution in [-0.2, 0) is 12.8 Å². The number of aromatic amines is 1. The van der Waals surface area contributed by atoms with Gasteiger partial charge in [0.25, 0.3) is 0 Å². The van der Waals surface area contributed by atoms with Crippen molar-refractivity contribution in [2.75, 3.05) is 0 Å². The summed E-state index contributed by atoms with van der Waals surface area (Å²) in [5.41, 5.74) is 4.23. The van der Waals surface area contributed by atoms with Gasteiger partial charge in [0, 0.05) is 23.5 Å². The van der Waals surface area contributed by atoms with Crippen molar-refractivity contribution in [3.63, 3.8) is 0 Å². The van der Waals surface area contributed by atoms with Crippen LogP contribution in [0.4, 0.5) is 0 Å². The molecule has 0 aromatic carbocycles. The molecule has 3 heteroatoms. The number of nitrogens with zero attached hydrogens (tertiary/aromatic N) is 1. The Kier molecular flexibility index (Phi) is 2.67. The molecular formula is C15H19ClN2. The molecule has 0 aliphatic heterocycles. The minimum Gasteiger partial charge on any atom is -0.357 e. The van der Waals surface area contributed by atoms with Gasteiger partial charge in [-0.3, -0.25) is 4.98 Å². The van der Waals surface area contributed by atoms with Gasteiger partial charge in [0.2, 0.25) is 0 Å². The molecule has 1 atom stereocenters. The van der Waals surface area contributed by atoms with Gasteiger partial charge in [0.15, 0.2) is 0 Å². The van der Waals surface area contributed by atoms with E-state index < -0.39 is 0 Å². The van der Waals surface area contributed by atoms with Crippen LogP contribution in [0.15, 0.2) is 12.4 Å². The molecule has 0 spiro atoms. The Morgan fingerprint density at radius 2 is 2.11 bits per heavy atom. The number of nitrogens with one attached hydrogen (secondary N) is 1. The van der Waals surface area contributed by atoms with E-state index in [1.165, 1.54) is 23.1 Å². The van der Waals surface area contributed by atoms with Crippen molar-refractivity contribution in [1.82, 2.24) is 9.97 Å². The molecule has 0 fully saturated rings. The normalized spacial score (nSPS) is 20.1. The molecule has 1 N–H and O–H groups in total. The molecule has 18 heavy (non-hydrogen) atoms. The van der Waals surface area contributed by atoms with Crippen LogP contribution in [0.25, 0.3) is 10.9 Å². The van der Waals surface area contributed by atoms with Crippen LogP contribution in [0.5, 0.6) is 0 Å². The third-order valence-corrected chi connectivity index (χ3v) is 4.57. The second-order valence-electron chi connectivity index (χ2n) is 6.43. The zero-order valence-electron chi connectivity index (χ0n) is 11.2. The van der Waals surface area contributed by atoms with Crippen molar-refractivity contribution in [3.05, 3.63) is 28.7 Å². The summed E-state index contributed by atoms with van der Waals surface area (Å²) in [6.45, 7) is 7.01. The van der Waals surface area contributed by atoms with Gasteiger partial charge in [0.1, 0.15) is 0 Å². The molecular weight excluding hydrogens is 244 g/mol. The van der Waals surface area contributed by atoms with E-state index in [0.29, 0.717) is 5.41 Å². The van der Waals surface area contributed by atoms with Crippen molar-refractivity contribution in [3.8, 4) is 0 Å². The summed E-state index contributed by atoms with van der Waals surface area (Å²) < 4.78 is 0. The molecule has 1 unspecified atom stereocenters. The number of halogens is 1. The summed E-state index contributed by atoms with van der Waals surface area (Å²) in [5.74, 6) is 0.739. The van der Waals surface area contributed by atoms with E-state index in [2.05, 4.69) is 30.7 Å². The first kappa shape index (κ1) is 12.0. The van der Waals surface area contributed by atoms with E-state index in [1.54, 1.807) is 6.20 Å². The molecule has 2 aromatic heterocycles. The Bertz CT molecular complexity index is 592. The molecule has 1 aliphatic rings. The second-order valence-corrected chi connectivity index (χ2v) is 6.84. The highest BCUT2D eigenvalue weighted by atomic mass is 35.5. The fourth-order valence-electron chi connectivity index (χ4n) is 3.03. The molecule has 0 saturated carbocycles. The Hall–Kier alpha value is -1.02. The van der Waals surface area contributed by atoms with Gasteiger partial charge in [-0.1, -0.05) is 32.4 Å². The first-order valence-electron chi connectivity index (χ1n) is 6.60. The van der Waals surface area contributed by atoms with Crippen LogP contribution < -0.4 is 0 Å². The molecule has 0 amide bonds. The molecule has 0 radical (unpaired) electrons. The number of pyridine rings is 1. The number of H-pyrrole nitrogens is 1. The zero-order valence-corrected chi connectivity index (χ0v) is 11.9. The van der Waals surface area contributed by atoms with Gasteiger partial charge in [-0.05, 0) is 36.2 Å². The van der Waals surface area contributed by atoms with Gasteiger partial charge in [-0.2, -0.15) is 0 Å². The molecule has 0 saturated heterocycles. The van der Waals surface area contributed by atoms with Gasteiger partial charge in [-0.15, -0.1) is 0 Å². The number of hydrogen-bond acceptors (Lipinski definition) is 1. The quantitative estimate of drug-likeness (QED) is 0.751. The number of aryl methyl sites for hydroxylation is 1. The van der Waals surface area contributed by atoms with E-state index in [9.17, 15) is 0 Å². The monoisotopic (exact) mass is 262 g/mol. The van der Waals surface area contributed by atoms with E-state index in [4.69, 9.17) is 11.6 Å². The molecule has 3 rings (SSSR count). The fraction of sp³-hybridized carbons (Fsp3) is 0.533. The van der Waals surface area contributed by atoms with E-state index >= 15 is 0 Å². The van der Waals surface area contributed by atoms with Gasteiger partial charge in [-0.25, -0.2) is 0 Å². The first-order valence-corrected chi connectivity index (χ1v) is 6.97. The zero-order chi connectivity index (χ0) is 12.9. The lowest BCUT2D eigenvalue weighted by molar-refractivity contribution is 0.216. The van der Waals surface area contributed by atoms with Crippen molar-refractivity contribution in [2.45, 2.75) is 40.0 Å². The van der Waals surface area contributed by atoms with Gasteiger partial charge >= 0.3 is 0 Å². The maximum absolute atomic E-state index is 6.21. The predicted octanol–water partition coefficient (Wildman–Crippen LogP) is 4.37. The van der Waals surface area contributed by atoms with Crippen LogP contribution in [-0.4, -0.2) is 9.97 Å². The lowest BCUT2D eigenvalue weighted by Crippen LogP contribution is -2.26. The maximum atomic E-state index is 6.21. The minimum atomic E-state index is 0.368. The first-order chi connectivity index (χ1) is 8.47. The summed E-state index contributed by atoms with van der Waals surface area (Å²) >= 11 is 6.21. The average Bonchev–Trinajstić information content (AvgIpc) is 2.67. The predicted molar refractivity (Wildman–Crippen MR) is 76.1 cm³/mol. The van der Waals surface area contributed by atoms with Crippen LogP contribution in [0, 0.1) is 11.3 Å². The van der Waals surface area contributed by atoms with Gasteiger partial charge in [0.05, 0.1) is 10.5 Å². The Balaban J connectivity index is 2.10. The lowest BCUT2D eigenvalue weighted by atomic mass is 9.71. The molecule has 96 valence electrons. The van der Waals surface area contributed by atoms with Crippen molar-refractivity contribution in [2.24, 2.45) is 11.3 Å². The molecule has 2 aromatic rings. The Labute approximate surface area is 113 Å². The Morgan fingerprint density at radius 1 is 1.33 bits per heavy atom. The highest BCUT2D eigenvalue weighted by Crippen LogP contribution is 2.40. The number of aromatic nitrogens is 2. The SMILES string of the molecule is CC(C)(C)C1CCc2[nH]c3c(Cl)cncc3c2C1. The van der Waals surface area contributed by atoms with Crippen molar-refractivity contribution < 1.29 is 0 Å². The summed E-state index contributed by atoms with van der Waals surface area (Å²) in [6, 6.07) is 0. The molecule has 2 nitrogen and oxygen atoms in total. The van der Waals surface area contributed by atoms with E-state index in [0.717, 1.165) is 29.3 Å². The Morgan fingerprint density at radius 3 is 2.83 bits per heavy atom. The summed E-state index contributed by atoms with van der Waals surface area (Å²) in [6.07, 6.45) is 7.19. The molecule has 1 aliphatic carbocycles.